The van der Waals surface area contributed by atoms with Crippen molar-refractivity contribution in [1.29, 1.82) is 0 Å². The van der Waals surface area contributed by atoms with Crippen LogP contribution in [0, 0.1) is 0 Å². The number of halogens is 1. The van der Waals surface area contributed by atoms with Crippen LogP contribution in [0.5, 0.6) is 0 Å². The summed E-state index contributed by atoms with van der Waals surface area (Å²) < 4.78 is 0.940. The molecule has 1 aromatic carbocycles. The van der Waals surface area contributed by atoms with Crippen LogP contribution in [0.4, 0.5) is 5.69 Å². The molecule has 0 aromatic heterocycles. The van der Waals surface area contributed by atoms with Crippen molar-refractivity contribution in [3.05, 3.63) is 28.7 Å². The number of carbonyl (C=O) groups is 1. The average Bonchev–Trinajstić information content (AvgIpc) is 2.76. The molecule has 0 saturated carbocycles. The van der Waals surface area contributed by atoms with Crippen LogP contribution in [0.3, 0.4) is 0 Å². The van der Waals surface area contributed by atoms with Crippen LogP contribution in [0.1, 0.15) is 12.8 Å². The third kappa shape index (κ3) is 3.54. The van der Waals surface area contributed by atoms with Crippen LogP contribution < -0.4 is 5.32 Å². The number of rotatable bonds is 4. The second-order valence-corrected chi connectivity index (χ2v) is 5.42. The summed E-state index contributed by atoms with van der Waals surface area (Å²) in [5.41, 5.74) is 0.786. The fraction of sp³-hybridized carbons (Fsp3) is 0.462. The largest absolute Gasteiger partial charge is 0.395 e. The van der Waals surface area contributed by atoms with Gasteiger partial charge in [0, 0.05) is 16.2 Å². The van der Waals surface area contributed by atoms with Gasteiger partial charge in [-0.05, 0) is 37.6 Å². The Morgan fingerprint density at radius 3 is 3.11 bits per heavy atom. The molecule has 1 heterocycles. The van der Waals surface area contributed by atoms with Crippen molar-refractivity contribution in [2.75, 3.05) is 25.0 Å². The quantitative estimate of drug-likeness (QED) is 0.892. The first-order valence-electron chi connectivity index (χ1n) is 6.09. The highest BCUT2D eigenvalue weighted by Crippen LogP contribution is 2.18. The van der Waals surface area contributed by atoms with Crippen LogP contribution in [-0.4, -0.2) is 41.7 Å². The molecule has 0 bridgehead atoms. The van der Waals surface area contributed by atoms with Crippen molar-refractivity contribution in [3.8, 4) is 0 Å². The molecule has 4 nitrogen and oxygen atoms in total. The Hall–Kier alpha value is -0.910. The van der Waals surface area contributed by atoms with Crippen LogP contribution in [-0.2, 0) is 4.79 Å². The van der Waals surface area contributed by atoms with Gasteiger partial charge in [0.1, 0.15) is 0 Å². The van der Waals surface area contributed by atoms with Crippen molar-refractivity contribution in [2.24, 2.45) is 0 Å². The summed E-state index contributed by atoms with van der Waals surface area (Å²) in [6.07, 6.45) is 2.02. The molecule has 1 aromatic rings. The first-order valence-corrected chi connectivity index (χ1v) is 6.88. The number of benzene rings is 1. The molecule has 0 aliphatic carbocycles. The van der Waals surface area contributed by atoms with E-state index in [4.69, 9.17) is 0 Å². The Balaban J connectivity index is 1.89. The topological polar surface area (TPSA) is 52.6 Å². The smallest absolute Gasteiger partial charge is 0.238 e. The van der Waals surface area contributed by atoms with Gasteiger partial charge in [-0.25, -0.2) is 0 Å². The number of anilines is 1. The lowest BCUT2D eigenvalue weighted by atomic mass is 10.2. The van der Waals surface area contributed by atoms with Gasteiger partial charge < -0.3 is 10.4 Å². The van der Waals surface area contributed by atoms with Gasteiger partial charge in [0.05, 0.1) is 13.2 Å². The van der Waals surface area contributed by atoms with Gasteiger partial charge in [-0.15, -0.1) is 0 Å². The standard InChI is InChI=1S/C13H17BrN2O2/c14-10-3-1-4-11(7-10)15-13(18)8-16-6-2-5-12(16)9-17/h1,3-4,7,12,17H,2,5-6,8-9H2,(H,15,18)/t12-/m1/s1. The van der Waals surface area contributed by atoms with Gasteiger partial charge in [0.25, 0.3) is 0 Å². The summed E-state index contributed by atoms with van der Waals surface area (Å²) >= 11 is 3.37. The minimum atomic E-state index is -0.0338. The number of likely N-dealkylation sites (tertiary alicyclic amines) is 1. The van der Waals surface area contributed by atoms with Gasteiger partial charge >= 0.3 is 0 Å². The highest BCUT2D eigenvalue weighted by atomic mass is 79.9. The molecule has 18 heavy (non-hydrogen) atoms. The first-order chi connectivity index (χ1) is 8.69. The molecule has 5 heteroatoms. The van der Waals surface area contributed by atoms with Crippen LogP contribution in [0.2, 0.25) is 0 Å². The van der Waals surface area contributed by atoms with E-state index in [0.29, 0.717) is 6.54 Å². The molecule has 1 aliphatic heterocycles. The van der Waals surface area contributed by atoms with Gasteiger partial charge in [0.2, 0.25) is 5.91 Å². The molecule has 1 amide bonds. The molecular weight excluding hydrogens is 296 g/mol. The minimum Gasteiger partial charge on any atom is -0.395 e. The average molecular weight is 313 g/mol. The molecule has 1 aliphatic rings. The van der Waals surface area contributed by atoms with Crippen LogP contribution in [0.25, 0.3) is 0 Å². The van der Waals surface area contributed by atoms with E-state index in [1.807, 2.05) is 29.2 Å². The highest BCUT2D eigenvalue weighted by Gasteiger charge is 2.25. The lowest BCUT2D eigenvalue weighted by molar-refractivity contribution is -0.117. The minimum absolute atomic E-state index is 0.0338. The summed E-state index contributed by atoms with van der Waals surface area (Å²) in [5, 5.41) is 12.1. The summed E-state index contributed by atoms with van der Waals surface area (Å²) in [6, 6.07) is 7.66. The fourth-order valence-electron chi connectivity index (χ4n) is 2.26. The fourth-order valence-corrected chi connectivity index (χ4v) is 2.66. The van der Waals surface area contributed by atoms with E-state index in [1.165, 1.54) is 0 Å². The number of hydrogen-bond donors (Lipinski definition) is 2. The van der Waals surface area contributed by atoms with E-state index >= 15 is 0 Å². The SMILES string of the molecule is O=C(CN1CCC[C@@H]1CO)Nc1cccc(Br)c1. The third-order valence-electron chi connectivity index (χ3n) is 3.16. The van der Waals surface area contributed by atoms with Crippen molar-refractivity contribution in [2.45, 2.75) is 18.9 Å². The molecule has 0 unspecified atom stereocenters. The maximum atomic E-state index is 11.9. The second-order valence-electron chi connectivity index (χ2n) is 4.51. The predicted octanol–water partition coefficient (Wildman–Crippen LogP) is 1.84. The Morgan fingerprint density at radius 1 is 1.56 bits per heavy atom. The zero-order valence-corrected chi connectivity index (χ0v) is 11.7. The zero-order chi connectivity index (χ0) is 13.0. The van der Waals surface area contributed by atoms with Crippen molar-refractivity contribution < 1.29 is 9.90 Å². The predicted molar refractivity (Wildman–Crippen MR) is 74.5 cm³/mol. The molecule has 2 N–H and O–H groups in total. The summed E-state index contributed by atoms with van der Waals surface area (Å²) in [7, 11) is 0. The summed E-state index contributed by atoms with van der Waals surface area (Å²) in [6.45, 7) is 1.36. The van der Waals surface area contributed by atoms with Gasteiger partial charge in [-0.2, -0.15) is 0 Å². The molecular formula is C13H17BrN2O2. The third-order valence-corrected chi connectivity index (χ3v) is 3.66. The molecule has 0 spiro atoms. The number of aliphatic hydroxyl groups is 1. The van der Waals surface area contributed by atoms with E-state index in [1.54, 1.807) is 0 Å². The van der Waals surface area contributed by atoms with Crippen LogP contribution in [0.15, 0.2) is 28.7 Å². The van der Waals surface area contributed by atoms with Gasteiger partial charge in [-0.1, -0.05) is 22.0 Å². The number of aliphatic hydroxyl groups excluding tert-OH is 1. The maximum Gasteiger partial charge on any atom is 0.238 e. The highest BCUT2D eigenvalue weighted by molar-refractivity contribution is 9.10. The lowest BCUT2D eigenvalue weighted by Gasteiger charge is -2.21. The Bertz CT molecular complexity index is 425. The van der Waals surface area contributed by atoms with E-state index in [-0.39, 0.29) is 18.6 Å². The van der Waals surface area contributed by atoms with Crippen molar-refractivity contribution >= 4 is 27.5 Å². The Kier molecular flexibility index (Phi) is 4.74. The van der Waals surface area contributed by atoms with Gasteiger partial charge in [0.15, 0.2) is 0 Å². The van der Waals surface area contributed by atoms with E-state index < -0.39 is 0 Å². The molecule has 98 valence electrons. The Labute approximate surface area is 115 Å². The number of carbonyl (C=O) groups excluding carboxylic acids is 1. The molecule has 1 fully saturated rings. The molecule has 1 atom stereocenters. The first kappa shape index (κ1) is 13.5. The lowest BCUT2D eigenvalue weighted by Crippen LogP contribution is -2.38. The Morgan fingerprint density at radius 2 is 2.39 bits per heavy atom. The maximum absolute atomic E-state index is 11.9. The monoisotopic (exact) mass is 312 g/mol. The second kappa shape index (κ2) is 6.31. The normalized spacial score (nSPS) is 20.0. The number of hydrogen-bond acceptors (Lipinski definition) is 3. The van der Waals surface area contributed by atoms with Gasteiger partial charge in [-0.3, -0.25) is 9.69 Å². The number of amides is 1. The number of nitrogens with zero attached hydrogens (tertiary/aromatic N) is 1. The van der Waals surface area contributed by atoms with Crippen molar-refractivity contribution in [1.82, 2.24) is 4.90 Å². The van der Waals surface area contributed by atoms with E-state index in [2.05, 4.69) is 21.2 Å². The molecule has 1 saturated heterocycles. The molecule has 0 radical (unpaired) electrons. The summed E-state index contributed by atoms with van der Waals surface area (Å²) in [4.78, 5) is 13.9. The van der Waals surface area contributed by atoms with E-state index in [9.17, 15) is 9.90 Å². The van der Waals surface area contributed by atoms with Crippen molar-refractivity contribution in [3.63, 3.8) is 0 Å². The number of nitrogens with one attached hydrogen (secondary N) is 1. The molecule has 2 rings (SSSR count). The van der Waals surface area contributed by atoms with E-state index in [0.717, 1.165) is 29.5 Å². The summed E-state index contributed by atoms with van der Waals surface area (Å²) in [5.74, 6) is -0.0338. The van der Waals surface area contributed by atoms with Crippen LogP contribution >= 0.6 is 15.9 Å². The zero-order valence-electron chi connectivity index (χ0n) is 10.1.